The molecular weight excluding hydrogens is 256 g/mol. The maximum Gasteiger partial charge on any atom is 0.244 e. The molecule has 2 aromatic carbocycles. The number of hydrogen-bond donors (Lipinski definition) is 1. The number of hydroxylamine groups is 2. The molecule has 0 heterocycles. The van der Waals surface area contributed by atoms with Gasteiger partial charge in [-0.25, -0.2) is 5.06 Å². The van der Waals surface area contributed by atoms with Crippen molar-refractivity contribution >= 4 is 23.1 Å². The first-order valence-electron chi connectivity index (χ1n) is 6.23. The topological polar surface area (TPSA) is 60.9 Å². The molecule has 0 atom stereocenters. The summed E-state index contributed by atoms with van der Waals surface area (Å²) in [5.74, 6) is -0.326. The van der Waals surface area contributed by atoms with Crippen molar-refractivity contribution < 1.29 is 14.8 Å². The Bertz CT molecular complexity index is 622. The highest BCUT2D eigenvalue weighted by molar-refractivity contribution is 5.86. The Morgan fingerprint density at radius 1 is 1.20 bits per heavy atom. The molecule has 20 heavy (non-hydrogen) atoms. The summed E-state index contributed by atoms with van der Waals surface area (Å²) >= 11 is 0. The van der Waals surface area contributed by atoms with E-state index in [-0.39, 0.29) is 18.9 Å². The first-order valence-corrected chi connectivity index (χ1v) is 6.23. The van der Waals surface area contributed by atoms with E-state index in [0.29, 0.717) is 11.6 Å². The van der Waals surface area contributed by atoms with E-state index in [1.54, 1.807) is 7.05 Å². The highest BCUT2D eigenvalue weighted by Gasteiger charge is 2.13. The van der Waals surface area contributed by atoms with Gasteiger partial charge in [-0.1, -0.05) is 42.5 Å². The summed E-state index contributed by atoms with van der Waals surface area (Å²) < 4.78 is 0. The van der Waals surface area contributed by atoms with Crippen LogP contribution in [0.3, 0.4) is 0 Å². The van der Waals surface area contributed by atoms with Crippen LogP contribution >= 0.6 is 0 Å². The molecule has 104 valence electrons. The molecule has 0 radical (unpaired) electrons. The zero-order chi connectivity index (χ0) is 14.5. The molecule has 2 rings (SSSR count). The first-order chi connectivity index (χ1) is 9.61. The van der Waals surface area contributed by atoms with Crippen molar-refractivity contribution in [2.45, 2.75) is 6.54 Å². The van der Waals surface area contributed by atoms with Crippen molar-refractivity contribution in [1.82, 2.24) is 9.96 Å². The Hall–Kier alpha value is -2.40. The van der Waals surface area contributed by atoms with Gasteiger partial charge in [0.1, 0.15) is 6.54 Å². The molecule has 0 aromatic heterocycles. The Balaban J connectivity index is 2.15. The fourth-order valence-electron chi connectivity index (χ4n) is 2.07. The van der Waals surface area contributed by atoms with Crippen LogP contribution in [0.1, 0.15) is 5.56 Å². The van der Waals surface area contributed by atoms with Crippen LogP contribution < -0.4 is 0 Å². The quantitative estimate of drug-likeness (QED) is 0.511. The molecule has 0 saturated carbocycles. The van der Waals surface area contributed by atoms with Crippen LogP contribution in [-0.2, 0) is 16.1 Å². The molecule has 5 nitrogen and oxygen atoms in total. The summed E-state index contributed by atoms with van der Waals surface area (Å²) in [4.78, 5) is 23.6. The highest BCUT2D eigenvalue weighted by atomic mass is 16.5. The van der Waals surface area contributed by atoms with Crippen molar-refractivity contribution in [2.24, 2.45) is 0 Å². The van der Waals surface area contributed by atoms with Gasteiger partial charge >= 0.3 is 0 Å². The Morgan fingerprint density at radius 3 is 2.65 bits per heavy atom. The maximum atomic E-state index is 11.8. The molecule has 2 amide bonds. The number of likely N-dealkylation sites (N-methyl/N-ethyl adjacent to an activating group) is 1. The predicted octanol–water partition coefficient (Wildman–Crippen LogP) is 1.65. The molecule has 0 aliphatic heterocycles. The lowest BCUT2D eigenvalue weighted by Gasteiger charge is -2.19. The van der Waals surface area contributed by atoms with Crippen molar-refractivity contribution in [3.63, 3.8) is 0 Å². The minimum atomic E-state index is -0.342. The fourth-order valence-corrected chi connectivity index (χ4v) is 2.07. The third kappa shape index (κ3) is 3.13. The van der Waals surface area contributed by atoms with E-state index < -0.39 is 0 Å². The van der Waals surface area contributed by atoms with Gasteiger partial charge in [0, 0.05) is 13.6 Å². The summed E-state index contributed by atoms with van der Waals surface area (Å²) in [5.41, 5.74) is 1.02. The number of fused-ring (bicyclic) bond motifs is 1. The van der Waals surface area contributed by atoms with Crippen LogP contribution in [0.5, 0.6) is 0 Å². The summed E-state index contributed by atoms with van der Waals surface area (Å²) in [6.45, 7) is 0.0810. The number of hydrogen-bond acceptors (Lipinski definition) is 3. The monoisotopic (exact) mass is 272 g/mol. The van der Waals surface area contributed by atoms with Gasteiger partial charge in [-0.15, -0.1) is 0 Å². The van der Waals surface area contributed by atoms with Crippen LogP contribution in [0, 0.1) is 0 Å². The second-order valence-electron chi connectivity index (χ2n) is 4.59. The minimum absolute atomic E-state index is 0.212. The van der Waals surface area contributed by atoms with Crippen molar-refractivity contribution in [2.75, 3.05) is 13.6 Å². The summed E-state index contributed by atoms with van der Waals surface area (Å²) in [6.07, 6.45) is 0.212. The van der Waals surface area contributed by atoms with E-state index in [0.717, 1.165) is 16.3 Å². The molecule has 0 spiro atoms. The van der Waals surface area contributed by atoms with Crippen LogP contribution in [0.15, 0.2) is 42.5 Å². The van der Waals surface area contributed by atoms with Gasteiger partial charge in [-0.3, -0.25) is 14.8 Å². The molecule has 0 saturated heterocycles. The number of nitrogens with zero attached hydrogens (tertiary/aromatic N) is 2. The average Bonchev–Trinajstić information content (AvgIpc) is 2.47. The molecule has 0 aliphatic rings. The van der Waals surface area contributed by atoms with E-state index >= 15 is 0 Å². The normalized spacial score (nSPS) is 10.3. The van der Waals surface area contributed by atoms with Crippen LogP contribution in [0.4, 0.5) is 0 Å². The second kappa shape index (κ2) is 6.16. The zero-order valence-corrected chi connectivity index (χ0v) is 11.2. The number of amides is 2. The molecule has 0 aliphatic carbocycles. The number of carbonyl (C=O) groups is 2. The maximum absolute atomic E-state index is 11.8. The van der Waals surface area contributed by atoms with E-state index in [9.17, 15) is 9.59 Å². The minimum Gasteiger partial charge on any atom is -0.340 e. The molecule has 0 bridgehead atoms. The molecule has 2 aromatic rings. The lowest BCUT2D eigenvalue weighted by molar-refractivity contribution is -0.159. The Kier molecular flexibility index (Phi) is 4.32. The fraction of sp³-hybridized carbons (Fsp3) is 0.200. The summed E-state index contributed by atoms with van der Waals surface area (Å²) in [6, 6.07) is 13.9. The number of carbonyl (C=O) groups excluding carboxylic acids is 2. The van der Waals surface area contributed by atoms with Crippen LogP contribution in [0.2, 0.25) is 0 Å². The molecule has 0 unspecified atom stereocenters. The van der Waals surface area contributed by atoms with Gasteiger partial charge in [-0.05, 0) is 16.3 Å². The molecular formula is C15H16N2O3. The second-order valence-corrected chi connectivity index (χ2v) is 4.59. The Labute approximate surface area is 117 Å². The molecule has 5 heteroatoms. The zero-order valence-electron chi connectivity index (χ0n) is 11.2. The number of rotatable bonds is 5. The summed E-state index contributed by atoms with van der Waals surface area (Å²) in [5, 5.41) is 11.6. The van der Waals surface area contributed by atoms with Gasteiger partial charge in [0.2, 0.25) is 12.3 Å². The largest absolute Gasteiger partial charge is 0.340 e. The van der Waals surface area contributed by atoms with Gasteiger partial charge in [0.15, 0.2) is 0 Å². The van der Waals surface area contributed by atoms with Gasteiger partial charge < -0.3 is 4.90 Å². The Morgan fingerprint density at radius 2 is 1.90 bits per heavy atom. The van der Waals surface area contributed by atoms with Crippen LogP contribution in [-0.4, -0.2) is 41.1 Å². The van der Waals surface area contributed by atoms with Crippen LogP contribution in [0.25, 0.3) is 10.8 Å². The van der Waals surface area contributed by atoms with Crippen molar-refractivity contribution in [1.29, 1.82) is 0 Å². The SMILES string of the molecule is CN(Cc1cccc2ccccc12)C(=O)CN(O)C=O. The third-order valence-corrected chi connectivity index (χ3v) is 3.13. The van der Waals surface area contributed by atoms with Crippen molar-refractivity contribution in [3.8, 4) is 0 Å². The molecule has 1 N–H and O–H groups in total. The number of benzene rings is 2. The smallest absolute Gasteiger partial charge is 0.244 e. The molecule has 0 fully saturated rings. The van der Waals surface area contributed by atoms with E-state index in [1.165, 1.54) is 4.90 Å². The lowest BCUT2D eigenvalue weighted by Crippen LogP contribution is -2.36. The standard InChI is InChI=1S/C15H16N2O3/c1-16(15(19)10-17(20)11-18)9-13-7-4-6-12-5-2-3-8-14(12)13/h2-8,11,20H,9-10H2,1H3. The van der Waals surface area contributed by atoms with Gasteiger partial charge in [0.25, 0.3) is 0 Å². The third-order valence-electron chi connectivity index (χ3n) is 3.13. The van der Waals surface area contributed by atoms with E-state index in [2.05, 4.69) is 0 Å². The van der Waals surface area contributed by atoms with Gasteiger partial charge in [0.05, 0.1) is 0 Å². The summed E-state index contributed by atoms with van der Waals surface area (Å²) in [7, 11) is 1.64. The highest BCUT2D eigenvalue weighted by Crippen LogP contribution is 2.19. The van der Waals surface area contributed by atoms with E-state index in [1.807, 2.05) is 42.5 Å². The predicted molar refractivity (Wildman–Crippen MR) is 75.0 cm³/mol. The van der Waals surface area contributed by atoms with E-state index in [4.69, 9.17) is 5.21 Å². The lowest BCUT2D eigenvalue weighted by atomic mass is 10.0. The average molecular weight is 272 g/mol. The van der Waals surface area contributed by atoms with Crippen molar-refractivity contribution in [3.05, 3.63) is 48.0 Å². The first kappa shape index (κ1) is 14.0. The van der Waals surface area contributed by atoms with Gasteiger partial charge in [-0.2, -0.15) is 0 Å².